The Morgan fingerprint density at radius 2 is 2.06 bits per heavy atom. The van der Waals surface area contributed by atoms with E-state index in [0.717, 1.165) is 12.1 Å². The van der Waals surface area contributed by atoms with Crippen molar-refractivity contribution in [2.24, 2.45) is 0 Å². The maximum Gasteiger partial charge on any atom is 0.417 e. The lowest BCUT2D eigenvalue weighted by atomic mass is 10.0. The number of carboxylic acids is 1. The second kappa shape index (κ2) is 5.23. The first-order valence-electron chi connectivity index (χ1n) is 4.35. The maximum atomic E-state index is 12.6. The lowest BCUT2D eigenvalue weighted by molar-refractivity contribution is -0.137. The fraction of sp³-hybridized carbons (Fsp3) is 0.182. The molecule has 6 heteroatoms. The summed E-state index contributed by atoms with van der Waals surface area (Å²) in [7, 11) is 0. The Bertz CT molecular complexity index is 498. The summed E-state index contributed by atoms with van der Waals surface area (Å²) in [4.78, 5) is 10.6. The van der Waals surface area contributed by atoms with Crippen LogP contribution in [0.2, 0.25) is 0 Å². The zero-order chi connectivity index (χ0) is 13.1. The first kappa shape index (κ1) is 13.6. The van der Waals surface area contributed by atoms with Crippen molar-refractivity contribution in [2.75, 3.05) is 5.33 Å². The van der Waals surface area contributed by atoms with E-state index in [1.807, 2.05) is 0 Å². The highest BCUT2D eigenvalue weighted by Crippen LogP contribution is 2.32. The Kier molecular flexibility index (Phi) is 4.18. The van der Waals surface area contributed by atoms with E-state index in [0.29, 0.717) is 6.07 Å². The normalized spacial score (nSPS) is 10.6. The Labute approximate surface area is 104 Å². The lowest BCUT2D eigenvalue weighted by Gasteiger charge is -2.09. The summed E-state index contributed by atoms with van der Waals surface area (Å²) in [5, 5.41) is 8.87. The number of carboxylic acid groups (broad SMARTS) is 1. The van der Waals surface area contributed by atoms with Gasteiger partial charge in [-0.15, -0.1) is 0 Å². The summed E-state index contributed by atoms with van der Waals surface area (Å²) in [5.74, 6) is 3.36. The van der Waals surface area contributed by atoms with E-state index in [9.17, 15) is 18.0 Å². The third-order valence-corrected chi connectivity index (χ3v) is 2.14. The number of hydrogen-bond acceptors (Lipinski definition) is 1. The maximum absolute atomic E-state index is 12.6. The number of hydrogen-bond donors (Lipinski definition) is 1. The lowest BCUT2D eigenvalue weighted by Crippen LogP contribution is -2.10. The van der Waals surface area contributed by atoms with Crippen molar-refractivity contribution >= 4 is 21.9 Å². The fourth-order valence-electron chi connectivity index (χ4n) is 1.15. The van der Waals surface area contributed by atoms with Gasteiger partial charge in [-0.2, -0.15) is 13.2 Å². The van der Waals surface area contributed by atoms with Gasteiger partial charge in [0.05, 0.1) is 16.5 Å². The molecule has 17 heavy (non-hydrogen) atoms. The van der Waals surface area contributed by atoms with E-state index in [-0.39, 0.29) is 10.9 Å². The third-order valence-electron chi connectivity index (χ3n) is 1.86. The number of aromatic carboxylic acids is 1. The van der Waals surface area contributed by atoms with Crippen LogP contribution < -0.4 is 0 Å². The summed E-state index contributed by atoms with van der Waals surface area (Å²) >= 11 is 2.97. The van der Waals surface area contributed by atoms with Crippen LogP contribution in [0.1, 0.15) is 21.5 Å². The van der Waals surface area contributed by atoms with Gasteiger partial charge >= 0.3 is 12.1 Å². The van der Waals surface area contributed by atoms with Crippen molar-refractivity contribution in [1.82, 2.24) is 0 Å². The van der Waals surface area contributed by atoms with Crippen LogP contribution in [0.3, 0.4) is 0 Å². The molecule has 0 spiro atoms. The summed E-state index contributed by atoms with van der Waals surface area (Å²) in [6.45, 7) is 0. The number of benzene rings is 1. The van der Waals surface area contributed by atoms with E-state index < -0.39 is 23.3 Å². The quantitative estimate of drug-likeness (QED) is 0.639. The fourth-order valence-corrected chi connectivity index (χ4v) is 1.29. The molecule has 0 radical (unpaired) electrons. The molecule has 1 rings (SSSR count). The van der Waals surface area contributed by atoms with Crippen molar-refractivity contribution in [2.45, 2.75) is 6.18 Å². The molecule has 0 aliphatic heterocycles. The smallest absolute Gasteiger partial charge is 0.417 e. The van der Waals surface area contributed by atoms with Crippen molar-refractivity contribution in [3.63, 3.8) is 0 Å². The summed E-state index contributed by atoms with van der Waals surface area (Å²) < 4.78 is 37.9. The van der Waals surface area contributed by atoms with Gasteiger partial charge in [-0.1, -0.05) is 27.8 Å². The predicted octanol–water partition coefficient (Wildman–Crippen LogP) is 3.15. The molecule has 0 aliphatic carbocycles. The number of carbonyl (C=O) groups is 1. The van der Waals surface area contributed by atoms with E-state index in [1.54, 1.807) is 0 Å². The Hall–Kier alpha value is -1.48. The van der Waals surface area contributed by atoms with Gasteiger partial charge in [-0.05, 0) is 18.2 Å². The second-order valence-corrected chi connectivity index (χ2v) is 3.56. The molecule has 0 fully saturated rings. The average molecular weight is 307 g/mol. The standard InChI is InChI=1S/C11H6BrF3O2/c12-5-1-2-7-3-4-8(10(16)17)6-9(7)11(13,14)15/h3-4,6H,5H2,(H,16,17). The van der Waals surface area contributed by atoms with E-state index in [4.69, 9.17) is 5.11 Å². The van der Waals surface area contributed by atoms with Gasteiger partial charge in [0, 0.05) is 5.56 Å². The zero-order valence-electron chi connectivity index (χ0n) is 8.31. The van der Waals surface area contributed by atoms with E-state index >= 15 is 0 Å². The highest BCUT2D eigenvalue weighted by atomic mass is 79.9. The molecule has 0 atom stereocenters. The second-order valence-electron chi connectivity index (χ2n) is 3.00. The van der Waals surface area contributed by atoms with Crippen LogP contribution in [0.25, 0.3) is 0 Å². The molecule has 0 amide bonds. The largest absolute Gasteiger partial charge is 0.478 e. The highest BCUT2D eigenvalue weighted by Gasteiger charge is 2.33. The SMILES string of the molecule is O=C(O)c1ccc(C#CCBr)c(C(F)(F)F)c1. The summed E-state index contributed by atoms with van der Waals surface area (Å²) in [5.41, 5.74) is -1.69. The van der Waals surface area contributed by atoms with Gasteiger partial charge in [0.2, 0.25) is 0 Å². The van der Waals surface area contributed by atoms with E-state index in [2.05, 4.69) is 27.8 Å². The average Bonchev–Trinajstić information content (AvgIpc) is 2.24. The number of alkyl halides is 4. The van der Waals surface area contributed by atoms with Crippen LogP contribution in [0.4, 0.5) is 13.2 Å². The molecule has 1 aromatic rings. The molecule has 0 heterocycles. The molecule has 0 aliphatic rings. The molecule has 0 aromatic heterocycles. The number of halogens is 4. The monoisotopic (exact) mass is 306 g/mol. The minimum Gasteiger partial charge on any atom is -0.478 e. The van der Waals surface area contributed by atoms with Crippen LogP contribution in [0.5, 0.6) is 0 Å². The predicted molar refractivity (Wildman–Crippen MR) is 59.1 cm³/mol. The van der Waals surface area contributed by atoms with Gasteiger partial charge in [0.15, 0.2) is 0 Å². The van der Waals surface area contributed by atoms with Crippen molar-refractivity contribution in [3.05, 3.63) is 34.9 Å². The minimum absolute atomic E-state index is 0.234. The highest BCUT2D eigenvalue weighted by molar-refractivity contribution is 9.09. The summed E-state index contributed by atoms with van der Waals surface area (Å²) in [6, 6.07) is 2.73. The van der Waals surface area contributed by atoms with Gasteiger partial charge in [-0.25, -0.2) is 4.79 Å². The minimum atomic E-state index is -4.62. The van der Waals surface area contributed by atoms with Gasteiger partial charge in [-0.3, -0.25) is 0 Å². The van der Waals surface area contributed by atoms with Gasteiger partial charge in [0.25, 0.3) is 0 Å². The summed E-state index contributed by atoms with van der Waals surface area (Å²) in [6.07, 6.45) is -4.62. The molecule has 0 saturated carbocycles. The molecule has 1 aromatic carbocycles. The van der Waals surface area contributed by atoms with Crippen molar-refractivity contribution in [3.8, 4) is 11.8 Å². The molecule has 2 nitrogen and oxygen atoms in total. The van der Waals surface area contributed by atoms with Crippen LogP contribution in [-0.4, -0.2) is 16.4 Å². The van der Waals surface area contributed by atoms with Crippen LogP contribution in [0, 0.1) is 11.8 Å². The van der Waals surface area contributed by atoms with Crippen molar-refractivity contribution in [1.29, 1.82) is 0 Å². The van der Waals surface area contributed by atoms with E-state index in [1.165, 1.54) is 0 Å². The molecule has 1 N–H and O–H groups in total. The molecule has 0 saturated heterocycles. The van der Waals surface area contributed by atoms with Crippen LogP contribution >= 0.6 is 15.9 Å². The van der Waals surface area contributed by atoms with Gasteiger partial charge < -0.3 is 5.11 Å². The Morgan fingerprint density at radius 1 is 1.41 bits per heavy atom. The first-order chi connectivity index (χ1) is 7.86. The first-order valence-corrected chi connectivity index (χ1v) is 5.47. The topological polar surface area (TPSA) is 37.3 Å². The molecule has 0 bridgehead atoms. The molecule has 0 unspecified atom stereocenters. The van der Waals surface area contributed by atoms with Crippen LogP contribution in [0.15, 0.2) is 18.2 Å². The third kappa shape index (κ3) is 3.49. The number of rotatable bonds is 1. The van der Waals surface area contributed by atoms with Crippen molar-refractivity contribution < 1.29 is 23.1 Å². The molecular weight excluding hydrogens is 301 g/mol. The molecule has 90 valence electrons. The Balaban J connectivity index is 3.37. The Morgan fingerprint density at radius 3 is 2.53 bits per heavy atom. The van der Waals surface area contributed by atoms with Gasteiger partial charge in [0.1, 0.15) is 0 Å². The zero-order valence-corrected chi connectivity index (χ0v) is 9.89. The molecular formula is C11H6BrF3O2. The van der Waals surface area contributed by atoms with Crippen LogP contribution in [-0.2, 0) is 6.18 Å².